The van der Waals surface area contributed by atoms with Crippen LogP contribution in [0.3, 0.4) is 0 Å². The highest BCUT2D eigenvalue weighted by molar-refractivity contribution is 9.10. The molecule has 0 atom stereocenters. The monoisotopic (exact) mass is 329 g/mol. The number of nitrogens with zero attached hydrogens (tertiary/aromatic N) is 2. The van der Waals surface area contributed by atoms with Crippen molar-refractivity contribution in [3.63, 3.8) is 0 Å². The quantitative estimate of drug-likeness (QED) is 0.896. The molecule has 3 nitrogen and oxygen atoms in total. The summed E-state index contributed by atoms with van der Waals surface area (Å²) in [6, 6.07) is 10.5. The zero-order valence-electron chi connectivity index (χ0n) is 11.4. The van der Waals surface area contributed by atoms with Gasteiger partial charge in [0.15, 0.2) is 0 Å². The smallest absolute Gasteiger partial charge is 0.124 e. The molecule has 4 heteroatoms. The second kappa shape index (κ2) is 5.34. The summed E-state index contributed by atoms with van der Waals surface area (Å²) in [5.74, 6) is 0.986. The number of halogens is 1. The number of H-pyrrole nitrogens is 1. The van der Waals surface area contributed by atoms with E-state index in [1.807, 2.05) is 19.1 Å². The van der Waals surface area contributed by atoms with Crippen LogP contribution in [0.4, 0.5) is 5.82 Å². The van der Waals surface area contributed by atoms with Gasteiger partial charge in [0, 0.05) is 17.6 Å². The highest BCUT2D eigenvalue weighted by Gasteiger charge is 2.22. The minimum atomic E-state index is 0.782. The van der Waals surface area contributed by atoms with E-state index in [0.29, 0.717) is 0 Å². The Hall–Kier alpha value is -1.73. The van der Waals surface area contributed by atoms with Crippen LogP contribution in [0, 0.1) is 18.3 Å². The Morgan fingerprint density at radius 2 is 1.85 bits per heavy atom. The van der Waals surface area contributed by atoms with Gasteiger partial charge in [-0.2, -0.15) is 5.26 Å². The minimum Gasteiger partial charge on any atom is -0.357 e. The minimum absolute atomic E-state index is 0.782. The van der Waals surface area contributed by atoms with E-state index in [-0.39, 0.29) is 0 Å². The van der Waals surface area contributed by atoms with Gasteiger partial charge in [-0.25, -0.2) is 0 Å². The maximum atomic E-state index is 9.46. The van der Waals surface area contributed by atoms with Crippen LogP contribution in [0.15, 0.2) is 28.7 Å². The molecule has 2 aromatic rings. The highest BCUT2D eigenvalue weighted by Crippen LogP contribution is 2.33. The zero-order chi connectivity index (χ0) is 14.1. The van der Waals surface area contributed by atoms with E-state index in [1.165, 1.54) is 12.8 Å². The lowest BCUT2D eigenvalue weighted by Crippen LogP contribution is -2.18. The Morgan fingerprint density at radius 3 is 2.45 bits per heavy atom. The molecule has 1 N–H and O–H groups in total. The molecule has 3 rings (SSSR count). The number of rotatable bonds is 2. The number of nitriles is 1. The third-order valence-corrected chi connectivity index (χ3v) is 4.43. The number of anilines is 1. The number of hydrogen-bond acceptors (Lipinski definition) is 2. The van der Waals surface area contributed by atoms with Gasteiger partial charge in [-0.05, 0) is 43.0 Å². The average molecular weight is 330 g/mol. The van der Waals surface area contributed by atoms with Gasteiger partial charge < -0.3 is 9.88 Å². The van der Waals surface area contributed by atoms with Crippen LogP contribution in [0.25, 0.3) is 11.3 Å². The lowest BCUT2D eigenvalue weighted by Gasteiger charge is -2.15. The van der Waals surface area contributed by atoms with Gasteiger partial charge >= 0.3 is 0 Å². The van der Waals surface area contributed by atoms with Gasteiger partial charge in [-0.3, -0.25) is 0 Å². The zero-order valence-corrected chi connectivity index (χ0v) is 13.0. The van der Waals surface area contributed by atoms with Crippen molar-refractivity contribution in [1.82, 2.24) is 4.98 Å². The molecule has 0 saturated carbocycles. The van der Waals surface area contributed by atoms with Crippen molar-refractivity contribution in [3.05, 3.63) is 39.9 Å². The van der Waals surface area contributed by atoms with E-state index in [0.717, 1.165) is 45.8 Å². The number of hydrogen-bond donors (Lipinski definition) is 1. The van der Waals surface area contributed by atoms with E-state index in [9.17, 15) is 5.26 Å². The lowest BCUT2D eigenvalue weighted by molar-refractivity contribution is 0.944. The highest BCUT2D eigenvalue weighted by atomic mass is 79.9. The molecule has 1 aromatic heterocycles. The molecule has 20 heavy (non-hydrogen) atoms. The first kappa shape index (κ1) is 13.3. The van der Waals surface area contributed by atoms with Crippen molar-refractivity contribution in [2.45, 2.75) is 19.8 Å². The fourth-order valence-corrected chi connectivity index (χ4v) is 3.06. The summed E-state index contributed by atoms with van der Waals surface area (Å²) < 4.78 is 1.06. The summed E-state index contributed by atoms with van der Waals surface area (Å²) in [6.07, 6.45) is 2.41. The Morgan fingerprint density at radius 1 is 1.20 bits per heavy atom. The number of aromatic nitrogens is 1. The molecule has 1 aromatic carbocycles. The molecule has 102 valence electrons. The Balaban J connectivity index is 2.08. The van der Waals surface area contributed by atoms with Crippen molar-refractivity contribution >= 4 is 21.7 Å². The van der Waals surface area contributed by atoms with Crippen LogP contribution in [0.2, 0.25) is 0 Å². The van der Waals surface area contributed by atoms with Crippen LogP contribution in [-0.2, 0) is 0 Å². The molecule has 0 spiro atoms. The number of benzene rings is 1. The van der Waals surface area contributed by atoms with Gasteiger partial charge in [0.2, 0.25) is 0 Å². The second-order valence-corrected chi connectivity index (χ2v) is 6.08. The first-order chi connectivity index (χ1) is 9.70. The predicted molar refractivity (Wildman–Crippen MR) is 84.8 cm³/mol. The first-order valence-corrected chi connectivity index (χ1v) is 7.63. The van der Waals surface area contributed by atoms with E-state index in [1.54, 1.807) is 0 Å². The number of aromatic amines is 1. The summed E-state index contributed by atoms with van der Waals surface area (Å²) in [4.78, 5) is 5.75. The fourth-order valence-electron chi connectivity index (χ4n) is 2.80. The summed E-state index contributed by atoms with van der Waals surface area (Å²) in [7, 11) is 0. The summed E-state index contributed by atoms with van der Waals surface area (Å²) in [5, 5.41) is 9.46. The summed E-state index contributed by atoms with van der Waals surface area (Å²) in [5.41, 5.74) is 3.99. The fraction of sp³-hybridized carbons (Fsp3) is 0.312. The van der Waals surface area contributed by atoms with Gasteiger partial charge in [0.05, 0.1) is 11.3 Å². The van der Waals surface area contributed by atoms with Crippen LogP contribution in [-0.4, -0.2) is 18.1 Å². The SMILES string of the molecule is Cc1c(-c2ccc(Br)cc2)[nH]c(N2CCCC2)c1C#N. The molecule has 0 bridgehead atoms. The topological polar surface area (TPSA) is 42.8 Å². The maximum absolute atomic E-state index is 9.46. The number of nitrogens with one attached hydrogen (secondary N) is 1. The summed E-state index contributed by atoms with van der Waals surface area (Å²) in [6.45, 7) is 4.09. The van der Waals surface area contributed by atoms with E-state index in [2.05, 4.69) is 44.0 Å². The largest absolute Gasteiger partial charge is 0.357 e. The van der Waals surface area contributed by atoms with Gasteiger partial charge in [-0.1, -0.05) is 28.1 Å². The van der Waals surface area contributed by atoms with Crippen LogP contribution >= 0.6 is 15.9 Å². The van der Waals surface area contributed by atoms with Crippen LogP contribution < -0.4 is 4.90 Å². The van der Waals surface area contributed by atoms with Crippen molar-refractivity contribution in [2.75, 3.05) is 18.0 Å². The molecule has 2 heterocycles. The van der Waals surface area contributed by atoms with Crippen LogP contribution in [0.5, 0.6) is 0 Å². The third-order valence-electron chi connectivity index (χ3n) is 3.90. The molecule has 0 radical (unpaired) electrons. The molecule has 0 unspecified atom stereocenters. The molecule has 0 aliphatic carbocycles. The molecule has 1 aliphatic rings. The summed E-state index contributed by atoms with van der Waals surface area (Å²) >= 11 is 3.45. The van der Waals surface area contributed by atoms with Gasteiger partial charge in [0.1, 0.15) is 11.9 Å². The second-order valence-electron chi connectivity index (χ2n) is 5.16. The van der Waals surface area contributed by atoms with Crippen molar-refractivity contribution < 1.29 is 0 Å². The van der Waals surface area contributed by atoms with Crippen molar-refractivity contribution in [2.24, 2.45) is 0 Å². The molecule has 1 aliphatic heterocycles. The molecular weight excluding hydrogens is 314 g/mol. The normalized spacial score (nSPS) is 14.6. The molecule has 1 fully saturated rings. The molecular formula is C16H16BrN3. The van der Waals surface area contributed by atoms with Crippen molar-refractivity contribution in [3.8, 4) is 17.3 Å². The Labute approximate surface area is 127 Å². The standard InChI is InChI=1S/C16H16BrN3/c1-11-14(10-18)16(20-8-2-3-9-20)19-15(11)12-4-6-13(17)7-5-12/h4-7,19H,2-3,8-9H2,1H3. The average Bonchev–Trinajstić information content (AvgIpc) is 3.07. The molecule has 0 amide bonds. The van der Waals surface area contributed by atoms with Crippen LogP contribution in [0.1, 0.15) is 24.0 Å². The molecule has 1 saturated heterocycles. The van der Waals surface area contributed by atoms with E-state index >= 15 is 0 Å². The lowest BCUT2D eigenvalue weighted by atomic mass is 10.1. The maximum Gasteiger partial charge on any atom is 0.124 e. The predicted octanol–water partition coefficient (Wildman–Crippen LogP) is 4.22. The van der Waals surface area contributed by atoms with E-state index < -0.39 is 0 Å². The third kappa shape index (κ3) is 2.23. The van der Waals surface area contributed by atoms with Crippen molar-refractivity contribution in [1.29, 1.82) is 5.26 Å². The van der Waals surface area contributed by atoms with E-state index in [4.69, 9.17) is 0 Å². The van der Waals surface area contributed by atoms with Gasteiger partial charge in [0.25, 0.3) is 0 Å². The van der Waals surface area contributed by atoms with Gasteiger partial charge in [-0.15, -0.1) is 0 Å². The first-order valence-electron chi connectivity index (χ1n) is 6.84. The Bertz CT molecular complexity index is 658. The Kier molecular flexibility index (Phi) is 3.54.